The number of thiazole rings is 1. The first kappa shape index (κ1) is 13.2. The van der Waals surface area contributed by atoms with Crippen molar-refractivity contribution in [3.8, 4) is 11.3 Å². The van der Waals surface area contributed by atoms with Crippen LogP contribution in [0.4, 0.5) is 0 Å². The van der Waals surface area contributed by atoms with Crippen molar-refractivity contribution in [1.29, 1.82) is 0 Å². The lowest BCUT2D eigenvalue weighted by Crippen LogP contribution is -2.17. The van der Waals surface area contributed by atoms with Crippen LogP contribution in [-0.2, 0) is 13.0 Å². The van der Waals surface area contributed by atoms with E-state index in [9.17, 15) is 0 Å². The quantitative estimate of drug-likeness (QED) is 0.923. The Morgan fingerprint density at radius 3 is 2.72 bits per heavy atom. The average Bonchev–Trinajstić information content (AvgIpc) is 2.83. The van der Waals surface area contributed by atoms with Gasteiger partial charge in [-0.1, -0.05) is 0 Å². The van der Waals surface area contributed by atoms with E-state index in [2.05, 4.69) is 29.3 Å². The van der Waals surface area contributed by atoms with Crippen LogP contribution in [0.1, 0.15) is 30.2 Å². The summed E-state index contributed by atoms with van der Waals surface area (Å²) in [6.07, 6.45) is 0.838. The normalized spacial score (nSPS) is 12.9. The van der Waals surface area contributed by atoms with Crippen LogP contribution in [0.25, 0.3) is 11.3 Å². The molecule has 4 nitrogen and oxygen atoms in total. The van der Waals surface area contributed by atoms with Gasteiger partial charge in [0.05, 0.1) is 16.4 Å². The van der Waals surface area contributed by atoms with Gasteiger partial charge in [0.2, 0.25) is 0 Å². The minimum Gasteiger partial charge on any atom is -0.328 e. The number of nitrogens with two attached hydrogens (primary N) is 1. The fraction of sp³-hybridized carbons (Fsp3) is 0.538. The van der Waals surface area contributed by atoms with Crippen molar-refractivity contribution >= 4 is 11.3 Å². The van der Waals surface area contributed by atoms with Crippen molar-refractivity contribution in [1.82, 2.24) is 14.8 Å². The molecule has 5 heteroatoms. The van der Waals surface area contributed by atoms with Gasteiger partial charge < -0.3 is 5.73 Å². The van der Waals surface area contributed by atoms with Gasteiger partial charge in [-0.2, -0.15) is 5.10 Å². The van der Waals surface area contributed by atoms with E-state index in [0.717, 1.165) is 29.4 Å². The molecule has 0 aliphatic carbocycles. The van der Waals surface area contributed by atoms with Gasteiger partial charge >= 0.3 is 0 Å². The molecule has 0 aliphatic heterocycles. The third kappa shape index (κ3) is 2.47. The minimum atomic E-state index is 0.157. The summed E-state index contributed by atoms with van der Waals surface area (Å²) >= 11 is 1.68. The Bertz CT molecular complexity index is 539. The SMILES string of the molecule is CCn1nc(C)c(-c2csc(CC(C)N)n2)c1C. The number of nitrogens with zero attached hydrogens (tertiary/aromatic N) is 3. The highest BCUT2D eigenvalue weighted by Gasteiger charge is 2.15. The Morgan fingerprint density at radius 1 is 1.44 bits per heavy atom. The topological polar surface area (TPSA) is 56.7 Å². The van der Waals surface area contributed by atoms with Crippen LogP contribution < -0.4 is 5.73 Å². The molecule has 0 aliphatic rings. The Kier molecular flexibility index (Phi) is 3.82. The third-order valence-corrected chi connectivity index (χ3v) is 3.86. The Morgan fingerprint density at radius 2 is 2.17 bits per heavy atom. The van der Waals surface area contributed by atoms with Gasteiger partial charge in [0.25, 0.3) is 0 Å². The maximum absolute atomic E-state index is 5.81. The standard InChI is InChI=1S/C13H20N4S/c1-5-17-10(4)13(9(3)16-17)11-7-18-12(15-11)6-8(2)14/h7-8H,5-6,14H2,1-4H3. The zero-order chi connectivity index (χ0) is 13.3. The summed E-state index contributed by atoms with van der Waals surface area (Å²) in [6, 6.07) is 0.157. The average molecular weight is 264 g/mol. The lowest BCUT2D eigenvalue weighted by atomic mass is 10.1. The first-order valence-electron chi connectivity index (χ1n) is 6.27. The second-order valence-electron chi connectivity index (χ2n) is 4.67. The van der Waals surface area contributed by atoms with E-state index >= 15 is 0 Å². The van der Waals surface area contributed by atoms with Gasteiger partial charge in [-0.15, -0.1) is 11.3 Å². The van der Waals surface area contributed by atoms with Crippen molar-refractivity contribution in [2.75, 3.05) is 0 Å². The molecule has 2 heterocycles. The van der Waals surface area contributed by atoms with Crippen LogP contribution >= 0.6 is 11.3 Å². The lowest BCUT2D eigenvalue weighted by molar-refractivity contribution is 0.634. The first-order chi connectivity index (χ1) is 8.52. The molecule has 98 valence electrons. The summed E-state index contributed by atoms with van der Waals surface area (Å²) in [5, 5.41) is 7.74. The molecule has 0 aromatic carbocycles. The van der Waals surface area contributed by atoms with Crippen molar-refractivity contribution in [3.05, 3.63) is 21.8 Å². The fourth-order valence-electron chi connectivity index (χ4n) is 2.17. The van der Waals surface area contributed by atoms with Crippen molar-refractivity contribution in [2.45, 2.75) is 46.7 Å². The van der Waals surface area contributed by atoms with Crippen molar-refractivity contribution in [3.63, 3.8) is 0 Å². The molecule has 0 bridgehead atoms. The zero-order valence-corrected chi connectivity index (χ0v) is 12.2. The lowest BCUT2D eigenvalue weighted by Gasteiger charge is -2.01. The smallest absolute Gasteiger partial charge is 0.0947 e. The highest BCUT2D eigenvalue weighted by molar-refractivity contribution is 7.09. The molecule has 0 saturated heterocycles. The summed E-state index contributed by atoms with van der Waals surface area (Å²) in [7, 11) is 0. The summed E-state index contributed by atoms with van der Waals surface area (Å²) in [4.78, 5) is 4.68. The van der Waals surface area contributed by atoms with E-state index in [-0.39, 0.29) is 6.04 Å². The van der Waals surface area contributed by atoms with Gasteiger partial charge in [-0.05, 0) is 27.7 Å². The molecule has 0 saturated carbocycles. The van der Waals surface area contributed by atoms with E-state index in [4.69, 9.17) is 5.73 Å². The highest BCUT2D eigenvalue weighted by Crippen LogP contribution is 2.28. The predicted octanol–water partition coefficient (Wildman–Crippen LogP) is 2.53. The van der Waals surface area contributed by atoms with Gasteiger partial charge in [0.1, 0.15) is 0 Å². The maximum Gasteiger partial charge on any atom is 0.0947 e. The molecule has 2 N–H and O–H groups in total. The highest BCUT2D eigenvalue weighted by atomic mass is 32.1. The van der Waals surface area contributed by atoms with Crippen LogP contribution in [0.3, 0.4) is 0 Å². The molecule has 2 aromatic heterocycles. The first-order valence-corrected chi connectivity index (χ1v) is 7.15. The molecular formula is C13H20N4S. The largest absolute Gasteiger partial charge is 0.328 e. The van der Waals surface area contributed by atoms with E-state index in [1.165, 1.54) is 11.3 Å². The molecule has 0 radical (unpaired) electrons. The van der Waals surface area contributed by atoms with E-state index < -0.39 is 0 Å². The number of hydrogen-bond acceptors (Lipinski definition) is 4. The van der Waals surface area contributed by atoms with Crippen LogP contribution in [0.15, 0.2) is 5.38 Å². The van der Waals surface area contributed by atoms with E-state index in [1.54, 1.807) is 11.3 Å². The Hall–Kier alpha value is -1.20. The molecule has 2 aromatic rings. The molecule has 18 heavy (non-hydrogen) atoms. The second kappa shape index (κ2) is 5.20. The van der Waals surface area contributed by atoms with Crippen molar-refractivity contribution < 1.29 is 0 Å². The number of hydrogen-bond donors (Lipinski definition) is 1. The predicted molar refractivity (Wildman–Crippen MR) is 75.8 cm³/mol. The molecular weight excluding hydrogens is 244 g/mol. The molecule has 2 rings (SSSR count). The third-order valence-electron chi connectivity index (χ3n) is 2.99. The van der Waals surface area contributed by atoms with E-state index in [1.807, 2.05) is 18.5 Å². The van der Waals surface area contributed by atoms with Gasteiger partial charge in [-0.3, -0.25) is 4.68 Å². The summed E-state index contributed by atoms with van der Waals surface area (Å²) < 4.78 is 2.02. The zero-order valence-electron chi connectivity index (χ0n) is 11.4. The monoisotopic (exact) mass is 264 g/mol. The fourth-order valence-corrected chi connectivity index (χ4v) is 3.10. The second-order valence-corrected chi connectivity index (χ2v) is 5.61. The molecule has 0 spiro atoms. The van der Waals surface area contributed by atoms with Crippen LogP contribution in [0, 0.1) is 13.8 Å². The van der Waals surface area contributed by atoms with Crippen LogP contribution in [0.2, 0.25) is 0 Å². The van der Waals surface area contributed by atoms with Gasteiger partial charge in [0.15, 0.2) is 0 Å². The summed E-state index contributed by atoms with van der Waals surface area (Å²) in [6.45, 7) is 9.14. The number of rotatable bonds is 4. The van der Waals surface area contributed by atoms with E-state index in [0.29, 0.717) is 0 Å². The summed E-state index contributed by atoms with van der Waals surface area (Å²) in [5.74, 6) is 0. The molecule has 1 atom stereocenters. The van der Waals surface area contributed by atoms with Gasteiger partial charge in [-0.25, -0.2) is 4.98 Å². The van der Waals surface area contributed by atoms with Gasteiger partial charge in [0, 0.05) is 35.6 Å². The Balaban J connectivity index is 2.37. The minimum absolute atomic E-state index is 0.157. The molecule has 0 fully saturated rings. The van der Waals surface area contributed by atoms with Crippen molar-refractivity contribution in [2.24, 2.45) is 5.73 Å². The summed E-state index contributed by atoms with van der Waals surface area (Å²) in [5.41, 5.74) is 10.2. The Labute approximate surface area is 112 Å². The van der Waals surface area contributed by atoms with Crippen LogP contribution in [0.5, 0.6) is 0 Å². The van der Waals surface area contributed by atoms with Crippen LogP contribution in [-0.4, -0.2) is 20.8 Å². The molecule has 0 amide bonds. The number of aryl methyl sites for hydroxylation is 2. The maximum atomic E-state index is 5.81. The molecule has 1 unspecified atom stereocenters. The number of aromatic nitrogens is 3.